The minimum atomic E-state index is -2.53. The van der Waals surface area contributed by atoms with Crippen LogP contribution in [0.25, 0.3) is 0 Å². The van der Waals surface area contributed by atoms with E-state index >= 15 is 0 Å². The van der Waals surface area contributed by atoms with Gasteiger partial charge in [0.2, 0.25) is 11.5 Å². The van der Waals surface area contributed by atoms with Crippen molar-refractivity contribution in [2.24, 2.45) is 0 Å². The average Bonchev–Trinajstić information content (AvgIpc) is 2.12. The van der Waals surface area contributed by atoms with Gasteiger partial charge in [-0.05, 0) is 6.42 Å². The molecule has 96 valence electrons. The molecule has 0 aromatic heterocycles. The summed E-state index contributed by atoms with van der Waals surface area (Å²) in [7, 11) is 0. The molecule has 0 aliphatic carbocycles. The largest absolute Gasteiger partial charge is 0.502 e. The quantitative estimate of drug-likeness (QED) is 0.314. The van der Waals surface area contributed by atoms with Gasteiger partial charge in [0.15, 0.2) is 0 Å². The Morgan fingerprint density at radius 2 is 1.50 bits per heavy atom. The lowest BCUT2D eigenvalue weighted by molar-refractivity contribution is -0.164. The van der Waals surface area contributed by atoms with Crippen molar-refractivity contribution in [3.63, 3.8) is 0 Å². The fourth-order valence-corrected chi connectivity index (χ4v) is 0.721. The van der Waals surface area contributed by atoms with Gasteiger partial charge in [0.25, 0.3) is 5.97 Å². The van der Waals surface area contributed by atoms with E-state index in [0.717, 1.165) is 6.92 Å². The minimum absolute atomic E-state index is 0.139. The van der Waals surface area contributed by atoms with Crippen LogP contribution in [0, 0.1) is 0 Å². The molecule has 7 heteroatoms. The highest BCUT2D eigenvalue weighted by Crippen LogP contribution is 2.19. The first-order valence-electron chi connectivity index (χ1n) is 4.61. The number of carboxylic acids is 1. The van der Waals surface area contributed by atoms with Crippen molar-refractivity contribution in [2.75, 3.05) is 0 Å². The van der Waals surface area contributed by atoms with Crippen molar-refractivity contribution in [1.29, 1.82) is 0 Å². The number of hydrogen-bond donors (Lipinski definition) is 6. The Bertz CT molecular complexity index is 236. The second kappa shape index (κ2) is 7.77. The van der Waals surface area contributed by atoms with E-state index < -0.39 is 23.5 Å². The predicted octanol–water partition coefficient (Wildman–Crippen LogP) is 0.792. The zero-order chi connectivity index (χ0) is 13.4. The summed E-state index contributed by atoms with van der Waals surface area (Å²) in [4.78, 5) is 9.00. The van der Waals surface area contributed by atoms with Crippen molar-refractivity contribution < 1.29 is 35.4 Å². The molecule has 0 fully saturated rings. The van der Waals surface area contributed by atoms with Gasteiger partial charge in [-0.1, -0.05) is 13.3 Å². The molecule has 0 aromatic carbocycles. The molecule has 0 saturated carbocycles. The third-order valence-corrected chi connectivity index (χ3v) is 1.47. The molecule has 0 saturated heterocycles. The van der Waals surface area contributed by atoms with Crippen LogP contribution < -0.4 is 0 Å². The fourth-order valence-electron chi connectivity index (χ4n) is 0.721. The summed E-state index contributed by atoms with van der Waals surface area (Å²) in [5.74, 6) is -6.04. The second-order valence-corrected chi connectivity index (χ2v) is 3.11. The Hall–Kier alpha value is -1.47. The monoisotopic (exact) mass is 238 g/mol. The summed E-state index contributed by atoms with van der Waals surface area (Å²) < 4.78 is 0. The van der Waals surface area contributed by atoms with E-state index in [2.05, 4.69) is 0 Å². The van der Waals surface area contributed by atoms with Crippen molar-refractivity contribution >= 4 is 5.97 Å². The Morgan fingerprint density at radius 1 is 1.12 bits per heavy atom. The Balaban J connectivity index is 0. The van der Waals surface area contributed by atoms with Crippen molar-refractivity contribution in [3.05, 3.63) is 11.7 Å². The standard InChI is InChI=1S/C7H14O5.C2H4O2/c1-2-3-4-7(11,12)5(8)6(9)10;1-2(3)4/h8-12H,2-4H2,1H3;1H3,(H,3,4). The highest BCUT2D eigenvalue weighted by atomic mass is 16.5. The molecule has 0 aromatic rings. The van der Waals surface area contributed by atoms with Gasteiger partial charge in [0.1, 0.15) is 0 Å². The SMILES string of the molecule is CC(=O)O.CCCCC(O)(O)C(O)=C(O)O. The number of carboxylic acid groups (broad SMARTS) is 1. The third-order valence-electron chi connectivity index (χ3n) is 1.47. The van der Waals surface area contributed by atoms with E-state index in [1.165, 1.54) is 0 Å². The number of carbonyl (C=O) groups is 1. The highest BCUT2D eigenvalue weighted by Gasteiger charge is 2.31. The smallest absolute Gasteiger partial charge is 0.319 e. The average molecular weight is 238 g/mol. The number of hydrogen-bond acceptors (Lipinski definition) is 6. The third kappa shape index (κ3) is 9.10. The molecule has 6 N–H and O–H groups in total. The van der Waals surface area contributed by atoms with E-state index in [9.17, 15) is 0 Å². The Labute approximate surface area is 92.9 Å². The molecule has 0 spiro atoms. The number of aliphatic hydroxyl groups is 5. The van der Waals surface area contributed by atoms with Gasteiger partial charge in [-0.2, -0.15) is 0 Å². The first-order chi connectivity index (χ1) is 7.15. The molecule has 0 aliphatic rings. The predicted molar refractivity (Wildman–Crippen MR) is 54.9 cm³/mol. The van der Waals surface area contributed by atoms with Crippen molar-refractivity contribution in [1.82, 2.24) is 0 Å². The lowest BCUT2D eigenvalue weighted by Crippen LogP contribution is -2.31. The van der Waals surface area contributed by atoms with Gasteiger partial charge in [-0.3, -0.25) is 4.79 Å². The summed E-state index contributed by atoms with van der Waals surface area (Å²) in [6.07, 6.45) is 1.03. The van der Waals surface area contributed by atoms with Crippen LogP contribution in [-0.4, -0.2) is 42.4 Å². The van der Waals surface area contributed by atoms with Crippen LogP contribution in [0.2, 0.25) is 0 Å². The van der Waals surface area contributed by atoms with Gasteiger partial charge < -0.3 is 30.6 Å². The summed E-state index contributed by atoms with van der Waals surface area (Å²) in [6, 6.07) is 0. The van der Waals surface area contributed by atoms with E-state index in [-0.39, 0.29) is 6.42 Å². The van der Waals surface area contributed by atoms with E-state index in [1.54, 1.807) is 0 Å². The van der Waals surface area contributed by atoms with Crippen LogP contribution in [0.15, 0.2) is 11.7 Å². The molecule has 16 heavy (non-hydrogen) atoms. The van der Waals surface area contributed by atoms with E-state index in [1.807, 2.05) is 6.92 Å². The summed E-state index contributed by atoms with van der Waals surface area (Å²) in [5, 5.41) is 50.8. The minimum Gasteiger partial charge on any atom is -0.502 e. The lowest BCUT2D eigenvalue weighted by Gasteiger charge is -2.19. The lowest BCUT2D eigenvalue weighted by atomic mass is 10.1. The van der Waals surface area contributed by atoms with Gasteiger partial charge in [-0.15, -0.1) is 0 Å². The van der Waals surface area contributed by atoms with E-state index in [4.69, 9.17) is 35.4 Å². The molecular formula is C9H18O7. The van der Waals surface area contributed by atoms with Gasteiger partial charge in [-0.25, -0.2) is 0 Å². The van der Waals surface area contributed by atoms with Crippen LogP contribution in [-0.2, 0) is 4.79 Å². The first kappa shape index (κ1) is 16.9. The molecule has 7 nitrogen and oxygen atoms in total. The van der Waals surface area contributed by atoms with Crippen LogP contribution in [0.4, 0.5) is 0 Å². The van der Waals surface area contributed by atoms with E-state index in [0.29, 0.717) is 12.8 Å². The number of unbranched alkanes of at least 4 members (excludes halogenated alkanes) is 1. The first-order valence-corrected chi connectivity index (χ1v) is 4.61. The maximum atomic E-state index is 9.01. The molecule has 0 unspecified atom stereocenters. The molecule has 0 atom stereocenters. The molecule has 0 radical (unpaired) electrons. The normalized spacial score (nSPS) is 10.0. The van der Waals surface area contributed by atoms with Crippen LogP contribution in [0.3, 0.4) is 0 Å². The summed E-state index contributed by atoms with van der Waals surface area (Å²) in [5.41, 5.74) is 0. The zero-order valence-electron chi connectivity index (χ0n) is 9.21. The van der Waals surface area contributed by atoms with Crippen LogP contribution in [0.1, 0.15) is 33.1 Å². The molecule has 0 amide bonds. The number of aliphatic hydroxyl groups excluding tert-OH is 2. The molecule has 0 aliphatic heterocycles. The Morgan fingerprint density at radius 3 is 1.75 bits per heavy atom. The summed E-state index contributed by atoms with van der Waals surface area (Å²) >= 11 is 0. The molecular weight excluding hydrogens is 220 g/mol. The second-order valence-electron chi connectivity index (χ2n) is 3.11. The van der Waals surface area contributed by atoms with Gasteiger partial charge in [0.05, 0.1) is 0 Å². The molecule has 0 rings (SSSR count). The topological polar surface area (TPSA) is 138 Å². The maximum absolute atomic E-state index is 9.01. The summed E-state index contributed by atoms with van der Waals surface area (Å²) in [6.45, 7) is 2.91. The zero-order valence-corrected chi connectivity index (χ0v) is 9.21. The van der Waals surface area contributed by atoms with Crippen molar-refractivity contribution in [3.8, 4) is 0 Å². The molecule has 0 heterocycles. The van der Waals surface area contributed by atoms with Crippen LogP contribution >= 0.6 is 0 Å². The maximum Gasteiger partial charge on any atom is 0.319 e. The van der Waals surface area contributed by atoms with Crippen LogP contribution in [0.5, 0.6) is 0 Å². The van der Waals surface area contributed by atoms with Crippen molar-refractivity contribution in [2.45, 2.75) is 38.9 Å². The number of aliphatic carboxylic acids is 1. The molecule has 0 bridgehead atoms. The highest BCUT2D eigenvalue weighted by molar-refractivity contribution is 5.62. The van der Waals surface area contributed by atoms with Gasteiger partial charge >= 0.3 is 5.95 Å². The number of rotatable bonds is 4. The Kier molecular flexibility index (Phi) is 8.23. The van der Waals surface area contributed by atoms with Gasteiger partial charge in [0, 0.05) is 13.3 Å². The fraction of sp³-hybridized carbons (Fsp3) is 0.667.